The number of aliphatic imine (C=N–C) groups is 1. The van der Waals surface area contributed by atoms with E-state index >= 15 is 0 Å². The van der Waals surface area contributed by atoms with Gasteiger partial charge in [0.25, 0.3) is 0 Å². The van der Waals surface area contributed by atoms with Crippen molar-refractivity contribution in [1.29, 1.82) is 0 Å². The number of hydrogen-bond donors (Lipinski definition) is 1. The predicted octanol–water partition coefficient (Wildman–Crippen LogP) is 2.69. The van der Waals surface area contributed by atoms with Crippen molar-refractivity contribution in [3.05, 3.63) is 60.2 Å². The molecule has 0 aromatic heterocycles. The molecule has 0 atom stereocenters. The van der Waals surface area contributed by atoms with Crippen molar-refractivity contribution in [3.63, 3.8) is 0 Å². The molecule has 0 fully saturated rings. The maximum Gasteiger partial charge on any atom is 0 e. The molecule has 1 radical (unpaired) electrons. The van der Waals surface area contributed by atoms with Crippen LogP contribution in [0.4, 0.5) is 11.4 Å². The Morgan fingerprint density at radius 1 is 1.06 bits per heavy atom. The molecule has 77 valence electrons. The minimum atomic E-state index is 0. The predicted molar refractivity (Wildman–Crippen MR) is 62.3 cm³/mol. The van der Waals surface area contributed by atoms with E-state index in [-0.39, 0.29) is 32.7 Å². The van der Waals surface area contributed by atoms with Gasteiger partial charge in [0.2, 0.25) is 0 Å². The standard InChI is InChI=1S/C13H10N2.Y/c14-13-9-5-4-6-11(13)10-15-12-7-2-1-3-8-12;/h1-7,9H,14H2;/q-2;. The Kier molecular flexibility index (Phi) is 5.37. The molecule has 2 nitrogen and oxygen atoms in total. The first-order chi connectivity index (χ1) is 7.36. The van der Waals surface area contributed by atoms with Crippen molar-refractivity contribution in [1.82, 2.24) is 0 Å². The molecule has 0 unspecified atom stereocenters. The second kappa shape index (κ2) is 6.56. The zero-order chi connectivity index (χ0) is 10.5. The van der Waals surface area contributed by atoms with Crippen LogP contribution in [0.25, 0.3) is 0 Å². The first kappa shape index (κ1) is 13.1. The summed E-state index contributed by atoms with van der Waals surface area (Å²) in [6.45, 7) is 0. The first-order valence-corrected chi connectivity index (χ1v) is 4.64. The van der Waals surface area contributed by atoms with Crippen LogP contribution in [0.15, 0.2) is 53.5 Å². The Hall–Kier alpha value is -0.986. The second-order valence-electron chi connectivity index (χ2n) is 3.06. The SMILES string of the molecule is Nc1ccccc1[C-]=Nc1[c-]cccc1.[Y]. The minimum absolute atomic E-state index is 0. The van der Waals surface area contributed by atoms with Crippen LogP contribution in [-0.2, 0) is 32.7 Å². The average Bonchev–Trinajstić information content (AvgIpc) is 2.29. The van der Waals surface area contributed by atoms with Crippen LogP contribution < -0.4 is 5.73 Å². The molecule has 0 bridgehead atoms. The normalized spacial score (nSPS) is 10.0. The molecule has 2 rings (SSSR count). The molecule has 2 N–H and O–H groups in total. The number of anilines is 1. The molecular weight excluding hydrogens is 273 g/mol. The van der Waals surface area contributed by atoms with E-state index in [0.29, 0.717) is 5.69 Å². The van der Waals surface area contributed by atoms with Gasteiger partial charge in [-0.1, -0.05) is 12.1 Å². The Morgan fingerprint density at radius 2 is 1.81 bits per heavy atom. The van der Waals surface area contributed by atoms with Crippen LogP contribution in [0, 0.1) is 6.07 Å². The summed E-state index contributed by atoms with van der Waals surface area (Å²) >= 11 is 0. The Balaban J connectivity index is 0.00000128. The van der Waals surface area contributed by atoms with E-state index in [1.807, 2.05) is 48.5 Å². The van der Waals surface area contributed by atoms with Gasteiger partial charge in [0.15, 0.2) is 0 Å². The molecule has 0 saturated carbocycles. The first-order valence-electron chi connectivity index (χ1n) is 4.64. The summed E-state index contributed by atoms with van der Waals surface area (Å²) in [5.74, 6) is 0. The van der Waals surface area contributed by atoms with E-state index in [1.54, 1.807) is 0 Å². The fraction of sp³-hybridized carbons (Fsp3) is 0. The van der Waals surface area contributed by atoms with Crippen molar-refractivity contribution in [2.75, 3.05) is 5.73 Å². The van der Waals surface area contributed by atoms with Crippen molar-refractivity contribution < 1.29 is 32.7 Å². The van der Waals surface area contributed by atoms with Gasteiger partial charge in [-0.15, -0.1) is 23.4 Å². The van der Waals surface area contributed by atoms with Crippen molar-refractivity contribution in [2.24, 2.45) is 4.99 Å². The number of benzene rings is 2. The van der Waals surface area contributed by atoms with Gasteiger partial charge in [-0.05, 0) is 11.9 Å². The molecule has 2 aromatic carbocycles. The van der Waals surface area contributed by atoms with Crippen molar-refractivity contribution in [2.45, 2.75) is 0 Å². The number of nitrogens with two attached hydrogens (primary N) is 1. The molecule has 0 spiro atoms. The maximum absolute atomic E-state index is 5.75. The number of rotatable bonds is 2. The monoisotopic (exact) mass is 283 g/mol. The number of nitrogens with zero attached hydrogens (tertiary/aromatic N) is 1. The summed E-state index contributed by atoms with van der Waals surface area (Å²) in [5, 5.41) is 0. The van der Waals surface area contributed by atoms with Gasteiger partial charge in [-0.2, -0.15) is 24.3 Å². The van der Waals surface area contributed by atoms with Gasteiger partial charge in [0, 0.05) is 32.7 Å². The quantitative estimate of drug-likeness (QED) is 0.513. The number of nitrogen functional groups attached to an aromatic ring is 1. The van der Waals surface area contributed by atoms with E-state index in [1.165, 1.54) is 0 Å². The van der Waals surface area contributed by atoms with E-state index < -0.39 is 0 Å². The Bertz CT molecular complexity index is 466. The van der Waals surface area contributed by atoms with Gasteiger partial charge in [-0.3, -0.25) is 0 Å². The van der Waals surface area contributed by atoms with Crippen LogP contribution in [-0.4, -0.2) is 6.21 Å². The molecule has 0 amide bonds. The molecule has 0 aliphatic rings. The molecule has 0 heterocycles. The van der Waals surface area contributed by atoms with Gasteiger partial charge in [0.1, 0.15) is 0 Å². The van der Waals surface area contributed by atoms with Crippen LogP contribution >= 0.6 is 0 Å². The summed E-state index contributed by atoms with van der Waals surface area (Å²) in [7, 11) is 0. The molecule has 2 aromatic rings. The molecule has 0 aliphatic carbocycles. The van der Waals surface area contributed by atoms with Crippen LogP contribution in [0.2, 0.25) is 0 Å². The minimum Gasteiger partial charge on any atom is -0.436 e. The summed E-state index contributed by atoms with van der Waals surface area (Å²) in [5.41, 5.74) is 7.98. The number of hydrogen-bond acceptors (Lipinski definition) is 2. The van der Waals surface area contributed by atoms with E-state index in [4.69, 9.17) is 5.73 Å². The van der Waals surface area contributed by atoms with Crippen LogP contribution in [0.5, 0.6) is 0 Å². The molecule has 0 aliphatic heterocycles. The summed E-state index contributed by atoms with van der Waals surface area (Å²) in [6.07, 6.45) is 2.90. The topological polar surface area (TPSA) is 38.4 Å². The van der Waals surface area contributed by atoms with E-state index in [0.717, 1.165) is 11.3 Å². The summed E-state index contributed by atoms with van der Waals surface area (Å²) in [6, 6.07) is 18.0. The van der Waals surface area contributed by atoms with Crippen LogP contribution in [0.1, 0.15) is 5.56 Å². The van der Waals surface area contributed by atoms with Gasteiger partial charge in [0.05, 0.1) is 0 Å². The number of para-hydroxylation sites is 2. The fourth-order valence-corrected chi connectivity index (χ4v) is 1.17. The molecule has 0 saturated heterocycles. The second-order valence-corrected chi connectivity index (χ2v) is 3.06. The smallest absolute Gasteiger partial charge is 0 e. The summed E-state index contributed by atoms with van der Waals surface area (Å²) < 4.78 is 0. The molecule has 16 heavy (non-hydrogen) atoms. The molecule has 3 heteroatoms. The zero-order valence-corrected chi connectivity index (χ0v) is 11.6. The van der Waals surface area contributed by atoms with Gasteiger partial charge in [-0.25, -0.2) is 6.07 Å². The Morgan fingerprint density at radius 3 is 2.50 bits per heavy atom. The van der Waals surface area contributed by atoms with Crippen molar-refractivity contribution in [3.8, 4) is 0 Å². The van der Waals surface area contributed by atoms with Crippen LogP contribution in [0.3, 0.4) is 0 Å². The van der Waals surface area contributed by atoms with E-state index in [2.05, 4.69) is 17.3 Å². The molecular formula is C13H10N2Y-2. The van der Waals surface area contributed by atoms with E-state index in [9.17, 15) is 0 Å². The third kappa shape index (κ3) is 3.55. The van der Waals surface area contributed by atoms with Gasteiger partial charge >= 0.3 is 0 Å². The Labute approximate surface area is 120 Å². The largest absolute Gasteiger partial charge is 0.436 e. The van der Waals surface area contributed by atoms with Gasteiger partial charge < -0.3 is 10.7 Å². The average molecular weight is 283 g/mol. The third-order valence-electron chi connectivity index (χ3n) is 1.95. The maximum atomic E-state index is 5.75. The third-order valence-corrected chi connectivity index (χ3v) is 1.95. The fourth-order valence-electron chi connectivity index (χ4n) is 1.17. The zero-order valence-electron chi connectivity index (χ0n) is 8.72. The summed E-state index contributed by atoms with van der Waals surface area (Å²) in [4.78, 5) is 4.15. The van der Waals surface area contributed by atoms with Crippen molar-refractivity contribution >= 4 is 17.6 Å².